The first-order valence-corrected chi connectivity index (χ1v) is 18.4. The van der Waals surface area contributed by atoms with E-state index in [0.29, 0.717) is 45.8 Å². The lowest BCUT2D eigenvalue weighted by atomic mass is 10.1. The second kappa shape index (κ2) is 15.0. The molecule has 0 fully saturated rings. The van der Waals surface area contributed by atoms with Crippen LogP contribution in [0.5, 0.6) is 0 Å². The minimum absolute atomic E-state index is 0.0947. The molecule has 256 valence electrons. The summed E-state index contributed by atoms with van der Waals surface area (Å²) in [6.45, 7) is 2.93. The third-order valence-electron chi connectivity index (χ3n) is 7.74. The molecular formula is C35H30N10O3S3. The quantitative estimate of drug-likeness (QED) is 0.0699. The standard InChI is InChI=1S/C35H30N10O3S3/c1-20-14-15-23-27(29(30(36)46)51-32(23)40-20)37-16-8-9-17-38-31(47)25-18-39-34(50-25)43-42-28-26(22-12-6-3-7-13-22)44-45(33(28)48)35-41-24(19-49-35)21-10-4-2-5-11-21/h2-7,10-15,18-19,37,44H,8-9,16-17H2,1H3,(H2,36,46)(H,38,47). The number of fused-ring (bicyclic) bond motifs is 1. The van der Waals surface area contributed by atoms with Crippen LogP contribution in [0.3, 0.4) is 0 Å². The summed E-state index contributed by atoms with van der Waals surface area (Å²) in [6, 6.07) is 22.9. The van der Waals surface area contributed by atoms with Gasteiger partial charge in [0.2, 0.25) is 10.3 Å². The van der Waals surface area contributed by atoms with Crippen LogP contribution < -0.4 is 21.9 Å². The summed E-state index contributed by atoms with van der Waals surface area (Å²) >= 11 is 3.68. The van der Waals surface area contributed by atoms with Gasteiger partial charge in [-0.2, -0.15) is 4.68 Å². The van der Waals surface area contributed by atoms with E-state index in [1.165, 1.54) is 33.6 Å². The highest BCUT2D eigenvalue weighted by Crippen LogP contribution is 2.35. The summed E-state index contributed by atoms with van der Waals surface area (Å²) in [4.78, 5) is 53.5. The molecule has 16 heteroatoms. The van der Waals surface area contributed by atoms with Gasteiger partial charge >= 0.3 is 5.56 Å². The molecule has 0 spiro atoms. The van der Waals surface area contributed by atoms with Crippen LogP contribution in [0.25, 0.3) is 37.9 Å². The number of rotatable bonds is 13. The molecule has 5 heterocycles. The average Bonchev–Trinajstić information content (AvgIpc) is 3.95. The van der Waals surface area contributed by atoms with Gasteiger partial charge < -0.3 is 16.4 Å². The Kier molecular flexibility index (Phi) is 9.87. The number of primary amides is 1. The Morgan fingerprint density at radius 3 is 2.43 bits per heavy atom. The minimum atomic E-state index is -0.496. The first-order valence-electron chi connectivity index (χ1n) is 15.9. The number of nitrogens with one attached hydrogen (secondary N) is 3. The van der Waals surface area contributed by atoms with E-state index in [1.807, 2.05) is 85.1 Å². The van der Waals surface area contributed by atoms with Crippen molar-refractivity contribution in [2.24, 2.45) is 16.0 Å². The van der Waals surface area contributed by atoms with Crippen LogP contribution in [-0.4, -0.2) is 49.6 Å². The maximum Gasteiger partial charge on any atom is 0.301 e. The number of aryl methyl sites for hydroxylation is 1. The molecule has 2 aromatic carbocycles. The molecule has 0 bridgehead atoms. The van der Waals surface area contributed by atoms with E-state index in [2.05, 4.69) is 40.9 Å². The number of pyridine rings is 1. The number of nitrogens with zero attached hydrogens (tertiary/aromatic N) is 6. The van der Waals surface area contributed by atoms with Crippen LogP contribution in [-0.2, 0) is 0 Å². The molecule has 2 amide bonds. The van der Waals surface area contributed by atoms with E-state index in [9.17, 15) is 14.4 Å². The number of carbonyl (C=O) groups excluding carboxylic acids is 2. The predicted octanol–water partition coefficient (Wildman–Crippen LogP) is 7.47. The monoisotopic (exact) mass is 734 g/mol. The average molecular weight is 735 g/mol. The van der Waals surface area contributed by atoms with Crippen LogP contribution >= 0.6 is 34.0 Å². The van der Waals surface area contributed by atoms with Gasteiger partial charge in [-0.1, -0.05) is 72.0 Å². The summed E-state index contributed by atoms with van der Waals surface area (Å²) < 4.78 is 1.36. The number of anilines is 1. The Balaban J connectivity index is 0.988. The van der Waals surface area contributed by atoms with E-state index < -0.39 is 11.5 Å². The first kappa shape index (κ1) is 33.6. The SMILES string of the molecule is Cc1ccc2c(NCCCCNC(=O)c3cnc(N=Nc4c(-c5ccccc5)[nH]n(-c5nc(-c6ccccc6)cs5)c4=O)s3)c(C(N)=O)sc2n1. The number of azo groups is 1. The third kappa shape index (κ3) is 7.38. The number of thiophene rings is 1. The number of aromatic amines is 1. The predicted molar refractivity (Wildman–Crippen MR) is 202 cm³/mol. The van der Waals surface area contributed by atoms with Crippen molar-refractivity contribution in [3.63, 3.8) is 0 Å². The number of carbonyl (C=O) groups is 2. The number of benzene rings is 2. The van der Waals surface area contributed by atoms with Gasteiger partial charge in [-0.05, 0) is 31.9 Å². The third-order valence-corrected chi connectivity index (χ3v) is 10.6. The first-order chi connectivity index (χ1) is 24.9. The summed E-state index contributed by atoms with van der Waals surface area (Å²) in [5.41, 5.74) is 9.78. The Morgan fingerprint density at radius 1 is 0.922 bits per heavy atom. The number of nitrogens with two attached hydrogens (primary N) is 1. The largest absolute Gasteiger partial charge is 0.383 e. The lowest BCUT2D eigenvalue weighted by Gasteiger charge is -2.08. The van der Waals surface area contributed by atoms with Crippen molar-refractivity contribution in [1.29, 1.82) is 0 Å². The molecular weight excluding hydrogens is 705 g/mol. The van der Waals surface area contributed by atoms with E-state index in [4.69, 9.17) is 5.73 Å². The van der Waals surface area contributed by atoms with Crippen molar-refractivity contribution in [3.8, 4) is 27.6 Å². The number of thiazole rings is 2. The minimum Gasteiger partial charge on any atom is -0.383 e. The summed E-state index contributed by atoms with van der Waals surface area (Å²) in [7, 11) is 0. The molecule has 7 rings (SSSR count). The van der Waals surface area contributed by atoms with Crippen molar-refractivity contribution in [2.75, 3.05) is 18.4 Å². The molecule has 0 saturated carbocycles. The smallest absolute Gasteiger partial charge is 0.301 e. The van der Waals surface area contributed by atoms with Gasteiger partial charge in [-0.15, -0.1) is 32.9 Å². The van der Waals surface area contributed by atoms with Crippen molar-refractivity contribution in [2.45, 2.75) is 19.8 Å². The van der Waals surface area contributed by atoms with Gasteiger partial charge in [-0.25, -0.2) is 15.0 Å². The van der Waals surface area contributed by atoms with Crippen molar-refractivity contribution >= 4 is 72.5 Å². The lowest BCUT2D eigenvalue weighted by molar-refractivity contribution is 0.0955. The Morgan fingerprint density at radius 2 is 1.67 bits per heavy atom. The fourth-order valence-electron chi connectivity index (χ4n) is 5.25. The Bertz CT molecular complexity index is 2430. The van der Waals surface area contributed by atoms with Gasteiger partial charge in [0.25, 0.3) is 11.8 Å². The van der Waals surface area contributed by atoms with Crippen molar-refractivity contribution in [1.82, 2.24) is 30.0 Å². The fraction of sp³-hybridized carbons (Fsp3) is 0.143. The number of amides is 2. The van der Waals surface area contributed by atoms with Crippen LogP contribution in [0.4, 0.5) is 16.5 Å². The van der Waals surface area contributed by atoms with E-state index in [-0.39, 0.29) is 16.7 Å². The van der Waals surface area contributed by atoms with E-state index >= 15 is 0 Å². The highest BCUT2D eigenvalue weighted by molar-refractivity contribution is 7.21. The van der Waals surface area contributed by atoms with Gasteiger partial charge in [0.1, 0.15) is 14.6 Å². The maximum atomic E-state index is 13.7. The zero-order chi connectivity index (χ0) is 35.3. The molecule has 0 saturated heterocycles. The zero-order valence-corrected chi connectivity index (χ0v) is 29.6. The zero-order valence-electron chi connectivity index (χ0n) is 27.1. The second-order valence-electron chi connectivity index (χ2n) is 11.3. The normalized spacial score (nSPS) is 11.4. The molecule has 0 aliphatic carbocycles. The molecule has 51 heavy (non-hydrogen) atoms. The molecule has 7 aromatic rings. The number of unbranched alkanes of at least 4 members (excludes halogenated alkanes) is 1. The highest BCUT2D eigenvalue weighted by Gasteiger charge is 2.20. The van der Waals surface area contributed by atoms with E-state index in [1.54, 1.807) is 0 Å². The van der Waals surface area contributed by atoms with Gasteiger partial charge in [0.15, 0.2) is 5.69 Å². The molecule has 0 aliphatic heterocycles. The molecule has 0 radical (unpaired) electrons. The lowest BCUT2D eigenvalue weighted by Crippen LogP contribution is -2.24. The molecule has 0 atom stereocenters. The van der Waals surface area contributed by atoms with Crippen molar-refractivity contribution in [3.05, 3.63) is 110 Å². The molecule has 13 nitrogen and oxygen atoms in total. The molecule has 0 unspecified atom stereocenters. The van der Waals surface area contributed by atoms with E-state index in [0.717, 1.165) is 50.5 Å². The van der Waals surface area contributed by atoms with Gasteiger partial charge in [0, 0.05) is 40.7 Å². The van der Waals surface area contributed by atoms with Gasteiger partial charge in [-0.3, -0.25) is 19.5 Å². The number of hydrogen-bond donors (Lipinski definition) is 4. The summed E-state index contributed by atoms with van der Waals surface area (Å²) in [6.07, 6.45) is 2.88. The molecule has 5 N–H and O–H groups in total. The van der Waals surface area contributed by atoms with Crippen LogP contribution in [0.1, 0.15) is 37.9 Å². The summed E-state index contributed by atoms with van der Waals surface area (Å²) in [5.74, 6) is -0.779. The topological polar surface area (TPSA) is 185 Å². The molecule has 5 aromatic heterocycles. The highest BCUT2D eigenvalue weighted by atomic mass is 32.1. The fourth-order valence-corrected chi connectivity index (χ4v) is 7.74. The number of H-pyrrole nitrogens is 1. The molecule has 0 aliphatic rings. The van der Waals surface area contributed by atoms with Crippen LogP contribution in [0.2, 0.25) is 0 Å². The second-order valence-corrected chi connectivity index (χ2v) is 14.1. The van der Waals surface area contributed by atoms with Crippen LogP contribution in [0.15, 0.2) is 99.4 Å². The number of aromatic nitrogens is 5. The summed E-state index contributed by atoms with van der Waals surface area (Å²) in [5, 5.41) is 21.4. The Hall–Kier alpha value is -5.84. The van der Waals surface area contributed by atoms with Crippen LogP contribution in [0, 0.1) is 6.92 Å². The van der Waals surface area contributed by atoms with Crippen molar-refractivity contribution < 1.29 is 9.59 Å². The Labute approximate surface area is 303 Å². The number of hydrogen-bond acceptors (Lipinski definition) is 12. The maximum absolute atomic E-state index is 13.7. The van der Waals surface area contributed by atoms with Gasteiger partial charge in [0.05, 0.1) is 23.3 Å².